The SMILES string of the molecule is CC[C@H](C)[C@H](N)C(=O)N1CCC2CCCCC21. The van der Waals surface area contributed by atoms with Crippen molar-refractivity contribution in [3.8, 4) is 0 Å². The molecule has 0 spiro atoms. The molecule has 2 rings (SSSR count). The third-order valence-corrected chi connectivity index (χ3v) is 4.84. The average molecular weight is 238 g/mol. The van der Waals surface area contributed by atoms with Crippen molar-refractivity contribution in [2.45, 2.75) is 64.5 Å². The van der Waals surface area contributed by atoms with Gasteiger partial charge in [-0.1, -0.05) is 33.1 Å². The van der Waals surface area contributed by atoms with E-state index in [0.29, 0.717) is 12.0 Å². The van der Waals surface area contributed by atoms with Crippen molar-refractivity contribution in [1.82, 2.24) is 4.90 Å². The molecule has 1 aliphatic heterocycles. The van der Waals surface area contributed by atoms with Crippen LogP contribution in [0.1, 0.15) is 52.4 Å². The molecule has 0 aromatic carbocycles. The highest BCUT2D eigenvalue weighted by atomic mass is 16.2. The molecule has 98 valence electrons. The first kappa shape index (κ1) is 12.9. The lowest BCUT2D eigenvalue weighted by Crippen LogP contribution is -2.50. The second-order valence-electron chi connectivity index (χ2n) is 5.84. The number of nitrogens with two attached hydrogens (primary N) is 1. The minimum absolute atomic E-state index is 0.203. The normalized spacial score (nSPS) is 32.1. The zero-order valence-corrected chi connectivity index (χ0v) is 11.2. The predicted octanol–water partition coefficient (Wildman–Crippen LogP) is 2.15. The summed E-state index contributed by atoms with van der Waals surface area (Å²) in [7, 11) is 0. The van der Waals surface area contributed by atoms with Crippen LogP contribution in [-0.2, 0) is 4.79 Å². The van der Waals surface area contributed by atoms with Crippen LogP contribution in [-0.4, -0.2) is 29.4 Å². The van der Waals surface area contributed by atoms with E-state index in [1.807, 2.05) is 0 Å². The maximum Gasteiger partial charge on any atom is 0.240 e. The molecule has 3 nitrogen and oxygen atoms in total. The molecule has 2 fully saturated rings. The number of amides is 1. The van der Waals surface area contributed by atoms with Gasteiger partial charge < -0.3 is 10.6 Å². The fourth-order valence-corrected chi connectivity index (χ4v) is 3.37. The van der Waals surface area contributed by atoms with Crippen molar-refractivity contribution in [2.75, 3.05) is 6.54 Å². The Labute approximate surface area is 105 Å². The molecule has 2 aliphatic rings. The smallest absolute Gasteiger partial charge is 0.240 e. The van der Waals surface area contributed by atoms with Gasteiger partial charge >= 0.3 is 0 Å². The Morgan fingerprint density at radius 3 is 2.76 bits per heavy atom. The zero-order chi connectivity index (χ0) is 12.4. The Morgan fingerprint density at radius 2 is 2.06 bits per heavy atom. The van der Waals surface area contributed by atoms with Crippen molar-refractivity contribution >= 4 is 5.91 Å². The van der Waals surface area contributed by atoms with Crippen LogP contribution in [0.4, 0.5) is 0 Å². The first-order valence-electron chi connectivity index (χ1n) is 7.21. The molecule has 1 amide bonds. The highest BCUT2D eigenvalue weighted by Gasteiger charge is 2.40. The molecule has 1 saturated carbocycles. The van der Waals surface area contributed by atoms with Gasteiger partial charge in [-0.2, -0.15) is 0 Å². The topological polar surface area (TPSA) is 46.3 Å². The van der Waals surface area contributed by atoms with Gasteiger partial charge in [-0.25, -0.2) is 0 Å². The number of rotatable bonds is 3. The van der Waals surface area contributed by atoms with Crippen LogP contribution in [0.2, 0.25) is 0 Å². The number of carbonyl (C=O) groups excluding carboxylic acids is 1. The van der Waals surface area contributed by atoms with Crippen molar-refractivity contribution in [1.29, 1.82) is 0 Å². The van der Waals surface area contributed by atoms with E-state index in [2.05, 4.69) is 18.7 Å². The van der Waals surface area contributed by atoms with Crippen LogP contribution in [0.15, 0.2) is 0 Å². The lowest BCUT2D eigenvalue weighted by atomic mass is 9.85. The van der Waals surface area contributed by atoms with Gasteiger partial charge in [0, 0.05) is 12.6 Å². The molecule has 17 heavy (non-hydrogen) atoms. The molecule has 0 aromatic rings. The summed E-state index contributed by atoms with van der Waals surface area (Å²) in [5.41, 5.74) is 6.08. The highest BCUT2D eigenvalue weighted by molar-refractivity contribution is 5.82. The number of hydrogen-bond acceptors (Lipinski definition) is 2. The van der Waals surface area contributed by atoms with E-state index in [4.69, 9.17) is 5.73 Å². The van der Waals surface area contributed by atoms with E-state index in [1.165, 1.54) is 32.1 Å². The largest absolute Gasteiger partial charge is 0.338 e. The van der Waals surface area contributed by atoms with Crippen molar-refractivity contribution in [3.63, 3.8) is 0 Å². The van der Waals surface area contributed by atoms with Crippen LogP contribution in [0, 0.1) is 11.8 Å². The Balaban J connectivity index is 2.00. The van der Waals surface area contributed by atoms with Gasteiger partial charge in [0.15, 0.2) is 0 Å². The predicted molar refractivity (Wildman–Crippen MR) is 69.5 cm³/mol. The lowest BCUT2D eigenvalue weighted by Gasteiger charge is -2.34. The second-order valence-corrected chi connectivity index (χ2v) is 5.84. The third kappa shape index (κ3) is 2.49. The molecule has 0 bridgehead atoms. The minimum Gasteiger partial charge on any atom is -0.338 e. The number of carbonyl (C=O) groups is 1. The Hall–Kier alpha value is -0.570. The molecular formula is C14H26N2O. The molecule has 2 N–H and O–H groups in total. The summed E-state index contributed by atoms with van der Waals surface area (Å²) in [4.78, 5) is 14.5. The Bertz CT molecular complexity index is 279. The number of likely N-dealkylation sites (tertiary alicyclic amines) is 1. The molecule has 2 unspecified atom stereocenters. The van der Waals surface area contributed by atoms with Crippen molar-refractivity contribution in [2.24, 2.45) is 17.6 Å². The third-order valence-electron chi connectivity index (χ3n) is 4.84. The monoisotopic (exact) mass is 238 g/mol. The average Bonchev–Trinajstić information content (AvgIpc) is 2.79. The molecule has 1 aliphatic carbocycles. The maximum absolute atomic E-state index is 12.4. The minimum atomic E-state index is -0.291. The second kappa shape index (κ2) is 5.38. The molecular weight excluding hydrogens is 212 g/mol. The van der Waals surface area contributed by atoms with Crippen molar-refractivity contribution in [3.05, 3.63) is 0 Å². The fourth-order valence-electron chi connectivity index (χ4n) is 3.37. The molecule has 0 aromatic heterocycles. The van der Waals surface area contributed by atoms with Gasteiger partial charge in [0.2, 0.25) is 5.91 Å². The summed E-state index contributed by atoms with van der Waals surface area (Å²) >= 11 is 0. The summed E-state index contributed by atoms with van der Waals surface area (Å²) in [6.07, 6.45) is 7.32. The maximum atomic E-state index is 12.4. The summed E-state index contributed by atoms with van der Waals surface area (Å²) < 4.78 is 0. The number of hydrogen-bond donors (Lipinski definition) is 1. The van der Waals surface area contributed by atoms with E-state index in [9.17, 15) is 4.79 Å². The number of fused-ring (bicyclic) bond motifs is 1. The molecule has 0 radical (unpaired) electrons. The van der Waals surface area contributed by atoms with Gasteiger partial charge in [0.05, 0.1) is 6.04 Å². The first-order chi connectivity index (χ1) is 8.15. The molecule has 1 saturated heterocycles. The first-order valence-corrected chi connectivity index (χ1v) is 7.21. The quantitative estimate of drug-likeness (QED) is 0.819. The fraction of sp³-hybridized carbons (Fsp3) is 0.929. The molecule has 1 heterocycles. The van der Waals surface area contributed by atoms with Gasteiger partial charge in [-0.05, 0) is 31.1 Å². The van der Waals surface area contributed by atoms with E-state index in [1.54, 1.807) is 0 Å². The van der Waals surface area contributed by atoms with Gasteiger partial charge in [0.1, 0.15) is 0 Å². The molecule has 4 atom stereocenters. The Kier molecular flexibility index (Phi) is 4.08. The summed E-state index contributed by atoms with van der Waals surface area (Å²) in [5.74, 6) is 1.26. The van der Waals surface area contributed by atoms with Gasteiger partial charge in [-0.15, -0.1) is 0 Å². The van der Waals surface area contributed by atoms with E-state index < -0.39 is 0 Å². The van der Waals surface area contributed by atoms with Crippen LogP contribution in [0.5, 0.6) is 0 Å². The lowest BCUT2D eigenvalue weighted by molar-refractivity contribution is -0.135. The summed E-state index contributed by atoms with van der Waals surface area (Å²) in [5, 5.41) is 0. The standard InChI is InChI=1S/C14H26N2O/c1-3-10(2)13(15)14(17)16-9-8-11-6-4-5-7-12(11)16/h10-13H,3-9,15H2,1-2H3/t10-,11?,12?,13-/m0/s1. The van der Waals surface area contributed by atoms with Crippen LogP contribution < -0.4 is 5.73 Å². The molecule has 3 heteroatoms. The van der Waals surface area contributed by atoms with Crippen molar-refractivity contribution < 1.29 is 4.79 Å². The van der Waals surface area contributed by atoms with Crippen LogP contribution in [0.25, 0.3) is 0 Å². The number of nitrogens with zero attached hydrogens (tertiary/aromatic N) is 1. The summed E-state index contributed by atoms with van der Waals surface area (Å²) in [6, 6.07) is 0.215. The van der Waals surface area contributed by atoms with Gasteiger partial charge in [0.25, 0.3) is 0 Å². The van der Waals surface area contributed by atoms with Gasteiger partial charge in [-0.3, -0.25) is 4.79 Å². The van der Waals surface area contributed by atoms with E-state index >= 15 is 0 Å². The summed E-state index contributed by atoms with van der Waals surface area (Å²) in [6.45, 7) is 5.13. The van der Waals surface area contributed by atoms with Crippen LogP contribution >= 0.6 is 0 Å². The Morgan fingerprint density at radius 1 is 1.35 bits per heavy atom. The highest BCUT2D eigenvalue weighted by Crippen LogP contribution is 2.36. The van der Waals surface area contributed by atoms with Crippen LogP contribution in [0.3, 0.4) is 0 Å². The zero-order valence-electron chi connectivity index (χ0n) is 11.2. The van der Waals surface area contributed by atoms with E-state index in [-0.39, 0.29) is 11.9 Å². The van der Waals surface area contributed by atoms with E-state index in [0.717, 1.165) is 18.9 Å².